The molecule has 12 nitrogen and oxygen atoms in total. The summed E-state index contributed by atoms with van der Waals surface area (Å²) < 4.78 is 13.1. The first-order valence-electron chi connectivity index (χ1n) is 22.0. The zero-order chi connectivity index (χ0) is 49.1. The van der Waals surface area contributed by atoms with Gasteiger partial charge in [0.25, 0.3) is 0 Å². The Balaban J connectivity index is 0.000000153. The van der Waals surface area contributed by atoms with E-state index in [1.54, 1.807) is 60.8 Å². The van der Waals surface area contributed by atoms with Crippen LogP contribution in [0.15, 0.2) is 182 Å². The van der Waals surface area contributed by atoms with Crippen LogP contribution in [0.4, 0.5) is 0 Å². The number of halogens is 3. The number of nitrogens with zero attached hydrogens (tertiary/aromatic N) is 6. The molecule has 0 aliphatic rings. The van der Waals surface area contributed by atoms with Crippen LogP contribution in [-0.4, -0.2) is 71.5 Å². The van der Waals surface area contributed by atoms with Gasteiger partial charge in [0, 0.05) is 44.9 Å². The summed E-state index contributed by atoms with van der Waals surface area (Å²) in [5, 5.41) is 28.1. The van der Waals surface area contributed by atoms with Crippen molar-refractivity contribution in [3.8, 4) is 56.0 Å². The van der Waals surface area contributed by atoms with Crippen LogP contribution >= 0.6 is 34.8 Å². The molecule has 0 unspecified atom stereocenters. The fourth-order valence-corrected chi connectivity index (χ4v) is 7.69. The molecule has 0 radical (unpaired) electrons. The van der Waals surface area contributed by atoms with Crippen LogP contribution in [0.25, 0.3) is 67.3 Å². The monoisotopic (exact) mass is 986 g/mol. The van der Waals surface area contributed by atoms with Gasteiger partial charge in [-0.3, -0.25) is 0 Å². The second-order valence-corrected chi connectivity index (χ2v) is 16.6. The smallest absolute Gasteiger partial charge is 0.461 e. The first-order chi connectivity index (χ1) is 34.0. The van der Waals surface area contributed by atoms with Crippen LogP contribution in [0.1, 0.15) is 34.8 Å². The highest BCUT2D eigenvalue weighted by molar-refractivity contribution is 6.58. The van der Waals surface area contributed by atoms with Gasteiger partial charge in [0.05, 0.1) is 30.3 Å². The molecule has 6 aromatic carbocycles. The summed E-state index contributed by atoms with van der Waals surface area (Å²) in [6.45, 7) is 4.07. The van der Waals surface area contributed by atoms with E-state index in [2.05, 4.69) is 51.6 Å². The molecule has 348 valence electrons. The Bertz CT molecular complexity index is 3380. The van der Waals surface area contributed by atoms with Crippen molar-refractivity contribution in [2.24, 2.45) is 0 Å². The van der Waals surface area contributed by atoms with Crippen LogP contribution in [0, 0.1) is 0 Å². The summed E-state index contributed by atoms with van der Waals surface area (Å²) in [6, 6.07) is 57.2. The molecule has 0 amide bonds. The Morgan fingerprint density at radius 1 is 0.486 bits per heavy atom. The number of carbonyl (C=O) groups is 2. The Hall–Kier alpha value is -7.65. The van der Waals surface area contributed by atoms with E-state index in [1.807, 2.05) is 103 Å². The third-order valence-electron chi connectivity index (χ3n) is 10.7. The number of aromatic nitrogens is 6. The second kappa shape index (κ2) is 22.6. The number of benzene rings is 6. The number of esters is 2. The molecule has 0 bridgehead atoms. The van der Waals surface area contributed by atoms with Gasteiger partial charge in [-0.25, -0.2) is 28.6 Å². The van der Waals surface area contributed by atoms with Gasteiger partial charge in [-0.05, 0) is 71.9 Å². The number of fused-ring (bicyclic) bond motifs is 2. The lowest BCUT2D eigenvalue weighted by atomic mass is 9.80. The van der Waals surface area contributed by atoms with Gasteiger partial charge in [-0.1, -0.05) is 168 Å². The van der Waals surface area contributed by atoms with Crippen molar-refractivity contribution < 1.29 is 29.1 Å². The van der Waals surface area contributed by atoms with Crippen molar-refractivity contribution in [3.63, 3.8) is 0 Å². The molecule has 10 aromatic rings. The molecule has 0 saturated heterocycles. The van der Waals surface area contributed by atoms with E-state index in [0.717, 1.165) is 50.3 Å². The molecule has 0 atom stereocenters. The average molecular weight is 988 g/mol. The van der Waals surface area contributed by atoms with Gasteiger partial charge in [0.1, 0.15) is 5.15 Å². The van der Waals surface area contributed by atoms with E-state index >= 15 is 0 Å². The molecule has 0 fully saturated rings. The fourth-order valence-electron chi connectivity index (χ4n) is 7.21. The molecule has 70 heavy (non-hydrogen) atoms. The van der Waals surface area contributed by atoms with E-state index in [-0.39, 0.29) is 24.6 Å². The zero-order valence-corrected chi connectivity index (χ0v) is 39.9. The van der Waals surface area contributed by atoms with Crippen LogP contribution in [0.5, 0.6) is 0 Å². The van der Waals surface area contributed by atoms with Gasteiger partial charge in [-0.2, -0.15) is 10.2 Å². The standard InChI is InChI=1S/C27H20ClN3O2.C15H11Cl2N3O2.C12H11BO2/c1-2-33-27(32)24-17-26-29-23(20-12-14-22(28)15-13-20)16-25(31(26)30-24)21-10-8-19(9-11-21)18-6-4-3-5-7-18;1-2-22-15(21)12-8-14-18-11(7-13(17)20(14)19-12)9-3-5-10(16)6-4-9;14-13(15)12-8-6-11(7-9-12)10-4-2-1-3-5-10/h3-17H,2H2,1H3;3-8H,2H2,1H3;1-9,14-15H. The lowest BCUT2D eigenvalue weighted by Gasteiger charge is -2.10. The summed E-state index contributed by atoms with van der Waals surface area (Å²) in [4.78, 5) is 33.3. The fraction of sp³-hybridized carbons (Fsp3) is 0.0741. The third-order valence-corrected chi connectivity index (χ3v) is 11.4. The van der Waals surface area contributed by atoms with Gasteiger partial charge in [-0.15, -0.1) is 0 Å². The summed E-state index contributed by atoms with van der Waals surface area (Å²) in [5.74, 6) is -0.974. The molecular formula is C54H42BCl3N6O6. The maximum atomic E-state index is 12.3. The minimum atomic E-state index is -1.39. The van der Waals surface area contributed by atoms with E-state index < -0.39 is 19.1 Å². The van der Waals surface area contributed by atoms with Crippen LogP contribution in [0.2, 0.25) is 15.2 Å². The first-order valence-corrected chi connectivity index (χ1v) is 23.1. The normalized spacial score (nSPS) is 10.7. The first kappa shape index (κ1) is 48.8. The number of hydrogen-bond donors (Lipinski definition) is 2. The summed E-state index contributed by atoms with van der Waals surface area (Å²) >= 11 is 18.2. The average Bonchev–Trinajstić information content (AvgIpc) is 4.04. The van der Waals surface area contributed by atoms with Gasteiger partial charge < -0.3 is 19.5 Å². The summed E-state index contributed by atoms with van der Waals surface area (Å²) in [5.41, 5.74) is 11.4. The van der Waals surface area contributed by atoms with Crippen LogP contribution in [0.3, 0.4) is 0 Å². The molecule has 2 N–H and O–H groups in total. The highest BCUT2D eigenvalue weighted by atomic mass is 35.5. The number of carbonyl (C=O) groups excluding carboxylic acids is 2. The quantitative estimate of drug-likeness (QED) is 0.0769. The Morgan fingerprint density at radius 2 is 0.871 bits per heavy atom. The highest BCUT2D eigenvalue weighted by Crippen LogP contribution is 2.30. The van der Waals surface area contributed by atoms with E-state index in [9.17, 15) is 9.59 Å². The molecule has 4 heterocycles. The van der Waals surface area contributed by atoms with Gasteiger partial charge in [0.2, 0.25) is 0 Å². The van der Waals surface area contributed by atoms with Crippen molar-refractivity contribution in [2.75, 3.05) is 13.2 Å². The SMILES string of the molecule is CCOC(=O)c1cc2nc(-c3ccc(Cl)cc3)cc(-c3ccc(-c4ccccc4)cc3)n2n1.CCOC(=O)c1cc2nc(-c3ccc(Cl)cc3)cc(Cl)n2n1.OB(O)c1ccc(-c2ccccc2)cc1. The molecule has 0 aliphatic heterocycles. The Kier molecular flexibility index (Phi) is 15.8. The minimum absolute atomic E-state index is 0.171. The Labute approximate surface area is 418 Å². The number of hydrogen-bond acceptors (Lipinski definition) is 10. The third kappa shape index (κ3) is 11.8. The van der Waals surface area contributed by atoms with E-state index in [1.165, 1.54) is 4.52 Å². The number of ether oxygens (including phenoxy) is 2. The summed E-state index contributed by atoms with van der Waals surface area (Å²) in [6.07, 6.45) is 0. The maximum Gasteiger partial charge on any atom is 0.488 e. The van der Waals surface area contributed by atoms with Crippen molar-refractivity contribution in [1.82, 2.24) is 29.2 Å². The molecule has 10 rings (SSSR count). The van der Waals surface area contributed by atoms with Gasteiger partial charge >= 0.3 is 19.1 Å². The van der Waals surface area contributed by atoms with Crippen molar-refractivity contribution >= 4 is 70.6 Å². The minimum Gasteiger partial charge on any atom is -0.461 e. The van der Waals surface area contributed by atoms with Crippen molar-refractivity contribution in [3.05, 3.63) is 209 Å². The van der Waals surface area contributed by atoms with Crippen LogP contribution < -0.4 is 5.46 Å². The zero-order valence-electron chi connectivity index (χ0n) is 37.7. The predicted molar refractivity (Wildman–Crippen MR) is 276 cm³/mol. The van der Waals surface area contributed by atoms with Crippen LogP contribution in [-0.2, 0) is 9.47 Å². The predicted octanol–water partition coefficient (Wildman–Crippen LogP) is 11.5. The van der Waals surface area contributed by atoms with E-state index in [4.69, 9.17) is 59.3 Å². The molecule has 0 saturated carbocycles. The van der Waals surface area contributed by atoms with E-state index in [0.29, 0.717) is 37.6 Å². The molecule has 0 spiro atoms. The second-order valence-electron chi connectivity index (χ2n) is 15.3. The van der Waals surface area contributed by atoms with Gasteiger partial charge in [0.15, 0.2) is 22.7 Å². The topological polar surface area (TPSA) is 153 Å². The Morgan fingerprint density at radius 3 is 1.33 bits per heavy atom. The molecular weight excluding hydrogens is 946 g/mol. The van der Waals surface area contributed by atoms with Crippen molar-refractivity contribution in [2.45, 2.75) is 13.8 Å². The lowest BCUT2D eigenvalue weighted by Crippen LogP contribution is -2.29. The number of rotatable bonds is 10. The lowest BCUT2D eigenvalue weighted by molar-refractivity contribution is 0.0509. The summed E-state index contributed by atoms with van der Waals surface area (Å²) in [7, 11) is -1.39. The highest BCUT2D eigenvalue weighted by Gasteiger charge is 2.19. The maximum absolute atomic E-state index is 12.3. The molecule has 4 aromatic heterocycles. The molecule has 16 heteroatoms. The van der Waals surface area contributed by atoms with Crippen molar-refractivity contribution in [1.29, 1.82) is 0 Å². The largest absolute Gasteiger partial charge is 0.488 e. The molecule has 0 aliphatic carbocycles.